The van der Waals surface area contributed by atoms with Gasteiger partial charge in [0.15, 0.2) is 0 Å². The van der Waals surface area contributed by atoms with Gasteiger partial charge in [-0.25, -0.2) is 0 Å². The Kier molecular flexibility index (Phi) is 3.31. The number of hydrogen-bond acceptors (Lipinski definition) is 2. The monoisotopic (exact) mass is 263 g/mol. The molecule has 0 bridgehead atoms. The van der Waals surface area contributed by atoms with E-state index in [2.05, 4.69) is 18.3 Å². The molecule has 0 spiro atoms. The standard InChI is InChI=1S/C15H18ClNO/c1-2-17-15(10-4-3-5-10)14-9-11-8-12(16)6-7-13(11)18-14/h6-10,15,17H,2-5H2,1H3. The molecule has 3 heteroatoms. The van der Waals surface area contributed by atoms with Crippen molar-refractivity contribution in [2.45, 2.75) is 32.2 Å². The van der Waals surface area contributed by atoms with E-state index in [0.717, 1.165) is 34.2 Å². The number of benzene rings is 1. The molecular formula is C15H18ClNO. The van der Waals surface area contributed by atoms with Crippen molar-refractivity contribution in [3.63, 3.8) is 0 Å². The molecule has 2 nitrogen and oxygen atoms in total. The third-order valence-electron chi connectivity index (χ3n) is 3.85. The maximum absolute atomic E-state index is 6.01. The summed E-state index contributed by atoms with van der Waals surface area (Å²) in [6.07, 6.45) is 3.95. The lowest BCUT2D eigenvalue weighted by Crippen LogP contribution is -2.31. The van der Waals surface area contributed by atoms with E-state index >= 15 is 0 Å². The summed E-state index contributed by atoms with van der Waals surface area (Å²) in [6.45, 7) is 3.12. The van der Waals surface area contributed by atoms with Crippen LogP contribution in [0.15, 0.2) is 28.7 Å². The molecule has 1 heterocycles. The van der Waals surface area contributed by atoms with Gasteiger partial charge in [0.1, 0.15) is 11.3 Å². The molecule has 96 valence electrons. The Labute approximate surface area is 112 Å². The lowest BCUT2D eigenvalue weighted by Gasteiger charge is -2.32. The maximum atomic E-state index is 6.01. The van der Waals surface area contributed by atoms with Crippen molar-refractivity contribution in [2.24, 2.45) is 5.92 Å². The zero-order valence-corrected chi connectivity index (χ0v) is 11.3. The Morgan fingerprint density at radius 1 is 1.39 bits per heavy atom. The summed E-state index contributed by atoms with van der Waals surface area (Å²) < 4.78 is 5.97. The zero-order chi connectivity index (χ0) is 12.5. The number of furan rings is 1. The van der Waals surface area contributed by atoms with Crippen molar-refractivity contribution in [3.8, 4) is 0 Å². The highest BCUT2D eigenvalue weighted by molar-refractivity contribution is 6.31. The number of nitrogens with one attached hydrogen (secondary N) is 1. The Hall–Kier alpha value is -0.990. The normalized spacial score (nSPS) is 17.9. The smallest absolute Gasteiger partial charge is 0.134 e. The average molecular weight is 264 g/mol. The van der Waals surface area contributed by atoms with Gasteiger partial charge in [-0.1, -0.05) is 24.9 Å². The molecule has 0 amide bonds. The van der Waals surface area contributed by atoms with Gasteiger partial charge in [0.05, 0.1) is 6.04 Å². The van der Waals surface area contributed by atoms with E-state index < -0.39 is 0 Å². The van der Waals surface area contributed by atoms with E-state index in [1.54, 1.807) is 0 Å². The molecule has 1 unspecified atom stereocenters. The quantitative estimate of drug-likeness (QED) is 0.876. The van der Waals surface area contributed by atoms with Crippen LogP contribution in [0.3, 0.4) is 0 Å². The third-order valence-corrected chi connectivity index (χ3v) is 4.08. The van der Waals surface area contributed by atoms with Crippen LogP contribution in [-0.2, 0) is 0 Å². The largest absolute Gasteiger partial charge is 0.459 e. The molecule has 1 aliphatic rings. The van der Waals surface area contributed by atoms with Gasteiger partial charge in [-0.3, -0.25) is 0 Å². The molecular weight excluding hydrogens is 246 g/mol. The van der Waals surface area contributed by atoms with E-state index in [1.165, 1.54) is 19.3 Å². The molecule has 0 aliphatic heterocycles. The van der Waals surface area contributed by atoms with Gasteiger partial charge < -0.3 is 9.73 Å². The van der Waals surface area contributed by atoms with Crippen LogP contribution in [-0.4, -0.2) is 6.54 Å². The first-order chi connectivity index (χ1) is 8.78. The number of fused-ring (bicyclic) bond motifs is 1. The number of hydrogen-bond donors (Lipinski definition) is 1. The molecule has 1 aliphatic carbocycles. The molecule has 1 aromatic carbocycles. The minimum absolute atomic E-state index is 0.356. The fourth-order valence-corrected chi connectivity index (χ4v) is 2.86. The molecule has 1 fully saturated rings. The Balaban J connectivity index is 1.95. The first kappa shape index (κ1) is 12.1. The fraction of sp³-hybridized carbons (Fsp3) is 0.467. The molecule has 1 aromatic heterocycles. The van der Waals surface area contributed by atoms with Crippen molar-refractivity contribution in [3.05, 3.63) is 35.0 Å². The minimum atomic E-state index is 0.356. The van der Waals surface area contributed by atoms with Crippen molar-refractivity contribution < 1.29 is 4.42 Å². The summed E-state index contributed by atoms with van der Waals surface area (Å²) in [5.41, 5.74) is 0.927. The molecule has 0 radical (unpaired) electrons. The van der Waals surface area contributed by atoms with Crippen LogP contribution in [0.4, 0.5) is 0 Å². The summed E-state index contributed by atoms with van der Waals surface area (Å²) >= 11 is 6.01. The summed E-state index contributed by atoms with van der Waals surface area (Å²) in [5, 5.41) is 5.41. The van der Waals surface area contributed by atoms with Gasteiger partial charge in [0.2, 0.25) is 0 Å². The summed E-state index contributed by atoms with van der Waals surface area (Å²) in [6, 6.07) is 8.28. The summed E-state index contributed by atoms with van der Waals surface area (Å²) in [5.74, 6) is 1.78. The third kappa shape index (κ3) is 2.15. The van der Waals surface area contributed by atoms with E-state index in [0.29, 0.717) is 6.04 Å². The molecule has 1 saturated carbocycles. The van der Waals surface area contributed by atoms with E-state index in [4.69, 9.17) is 16.0 Å². The van der Waals surface area contributed by atoms with Crippen molar-refractivity contribution in [2.75, 3.05) is 6.54 Å². The molecule has 3 rings (SSSR count). The Bertz CT molecular complexity index is 544. The van der Waals surface area contributed by atoms with Crippen LogP contribution in [0.2, 0.25) is 5.02 Å². The zero-order valence-electron chi connectivity index (χ0n) is 10.6. The molecule has 0 saturated heterocycles. The van der Waals surface area contributed by atoms with Gasteiger partial charge in [-0.05, 0) is 49.6 Å². The van der Waals surface area contributed by atoms with Crippen LogP contribution in [0, 0.1) is 5.92 Å². The van der Waals surface area contributed by atoms with E-state index in [9.17, 15) is 0 Å². The number of halogens is 1. The lowest BCUT2D eigenvalue weighted by molar-refractivity contribution is 0.212. The first-order valence-electron chi connectivity index (χ1n) is 6.70. The Morgan fingerprint density at radius 2 is 2.22 bits per heavy atom. The second-order valence-corrected chi connectivity index (χ2v) is 5.49. The highest BCUT2D eigenvalue weighted by atomic mass is 35.5. The van der Waals surface area contributed by atoms with Gasteiger partial charge in [0.25, 0.3) is 0 Å². The molecule has 18 heavy (non-hydrogen) atoms. The van der Waals surface area contributed by atoms with Crippen molar-refractivity contribution in [1.29, 1.82) is 0 Å². The molecule has 1 N–H and O–H groups in total. The summed E-state index contributed by atoms with van der Waals surface area (Å²) in [4.78, 5) is 0. The van der Waals surface area contributed by atoms with Crippen molar-refractivity contribution >= 4 is 22.6 Å². The summed E-state index contributed by atoms with van der Waals surface area (Å²) in [7, 11) is 0. The highest BCUT2D eigenvalue weighted by Crippen LogP contribution is 2.39. The predicted molar refractivity (Wildman–Crippen MR) is 75.0 cm³/mol. The topological polar surface area (TPSA) is 25.2 Å². The van der Waals surface area contributed by atoms with E-state index in [-0.39, 0.29) is 0 Å². The molecule has 1 atom stereocenters. The van der Waals surface area contributed by atoms with Gasteiger partial charge in [-0.2, -0.15) is 0 Å². The average Bonchev–Trinajstić information content (AvgIpc) is 2.68. The van der Waals surface area contributed by atoms with Crippen LogP contribution in [0.1, 0.15) is 38.0 Å². The van der Waals surface area contributed by atoms with Gasteiger partial charge in [-0.15, -0.1) is 0 Å². The SMILES string of the molecule is CCNC(c1cc2cc(Cl)ccc2o1)C1CCC1. The highest BCUT2D eigenvalue weighted by Gasteiger charge is 2.30. The van der Waals surface area contributed by atoms with Gasteiger partial charge in [0, 0.05) is 10.4 Å². The van der Waals surface area contributed by atoms with E-state index in [1.807, 2.05) is 18.2 Å². The Morgan fingerprint density at radius 3 is 2.89 bits per heavy atom. The predicted octanol–water partition coefficient (Wildman–Crippen LogP) is 4.54. The van der Waals surface area contributed by atoms with Crippen LogP contribution in [0.25, 0.3) is 11.0 Å². The lowest BCUT2D eigenvalue weighted by atomic mass is 9.79. The second-order valence-electron chi connectivity index (χ2n) is 5.06. The van der Waals surface area contributed by atoms with Crippen LogP contribution < -0.4 is 5.32 Å². The first-order valence-corrected chi connectivity index (χ1v) is 7.08. The minimum Gasteiger partial charge on any atom is -0.459 e. The van der Waals surface area contributed by atoms with Crippen molar-refractivity contribution in [1.82, 2.24) is 5.32 Å². The number of rotatable bonds is 4. The fourth-order valence-electron chi connectivity index (χ4n) is 2.68. The van der Waals surface area contributed by atoms with Crippen LogP contribution >= 0.6 is 11.6 Å². The van der Waals surface area contributed by atoms with Crippen LogP contribution in [0.5, 0.6) is 0 Å². The second kappa shape index (κ2) is 4.94. The molecule has 2 aromatic rings. The van der Waals surface area contributed by atoms with Gasteiger partial charge >= 0.3 is 0 Å². The maximum Gasteiger partial charge on any atom is 0.134 e.